The fourth-order valence-corrected chi connectivity index (χ4v) is 3.67. The van der Waals surface area contributed by atoms with Crippen LogP contribution in [0.1, 0.15) is 11.1 Å². The van der Waals surface area contributed by atoms with E-state index in [1.807, 2.05) is 24.3 Å². The Hall–Kier alpha value is -1.53. The number of hydrogen-bond acceptors (Lipinski definition) is 4. The topological polar surface area (TPSA) is 29.5 Å². The minimum absolute atomic E-state index is 0.126. The van der Waals surface area contributed by atoms with Crippen LogP contribution in [0.25, 0.3) is 6.08 Å². The summed E-state index contributed by atoms with van der Waals surface area (Å²) in [5.41, 5.74) is 1.72. The Balaban J connectivity index is 1.84. The first-order valence-corrected chi connectivity index (χ1v) is 9.30. The minimum atomic E-state index is -0.126. The first-order chi connectivity index (χ1) is 11.9. The molecule has 128 valence electrons. The van der Waals surface area contributed by atoms with Crippen molar-refractivity contribution in [1.82, 2.24) is 4.90 Å². The lowest BCUT2D eigenvalue weighted by atomic mass is 10.1. The summed E-state index contributed by atoms with van der Waals surface area (Å²) in [5, 5.41) is 1.24. The lowest BCUT2D eigenvalue weighted by Crippen LogP contribution is -2.22. The van der Waals surface area contributed by atoms with E-state index in [2.05, 4.69) is 0 Å². The molecule has 1 aliphatic rings. The third-order valence-electron chi connectivity index (χ3n) is 3.55. The van der Waals surface area contributed by atoms with Crippen molar-refractivity contribution >= 4 is 63.5 Å². The van der Waals surface area contributed by atoms with E-state index >= 15 is 0 Å². The third kappa shape index (κ3) is 4.36. The molecule has 1 saturated heterocycles. The van der Waals surface area contributed by atoms with Gasteiger partial charge in [-0.15, -0.1) is 0 Å². The van der Waals surface area contributed by atoms with Crippen LogP contribution in [0.15, 0.2) is 47.4 Å². The van der Waals surface area contributed by atoms with Crippen molar-refractivity contribution in [3.8, 4) is 5.75 Å². The van der Waals surface area contributed by atoms with E-state index in [9.17, 15) is 4.79 Å². The molecule has 2 aromatic carbocycles. The summed E-state index contributed by atoms with van der Waals surface area (Å²) < 4.78 is 6.43. The molecule has 0 saturated carbocycles. The zero-order valence-electron chi connectivity index (χ0n) is 13.2. The molecule has 1 heterocycles. The minimum Gasteiger partial charge on any atom is -0.488 e. The van der Waals surface area contributed by atoms with E-state index in [-0.39, 0.29) is 5.91 Å². The Morgan fingerprint density at radius 3 is 2.48 bits per heavy atom. The van der Waals surface area contributed by atoms with Gasteiger partial charge in [-0.2, -0.15) is 0 Å². The summed E-state index contributed by atoms with van der Waals surface area (Å²) in [6.45, 7) is 0.383. The lowest BCUT2D eigenvalue weighted by Gasteiger charge is -2.10. The molecular formula is C18H13Cl2NO2S2. The highest BCUT2D eigenvalue weighted by Gasteiger charge is 2.28. The van der Waals surface area contributed by atoms with E-state index in [0.717, 1.165) is 11.1 Å². The number of rotatable bonds is 4. The quantitative estimate of drug-likeness (QED) is 0.499. The van der Waals surface area contributed by atoms with Crippen LogP contribution < -0.4 is 4.74 Å². The molecule has 0 spiro atoms. The van der Waals surface area contributed by atoms with Gasteiger partial charge in [-0.05, 0) is 42.0 Å². The average molecular weight is 410 g/mol. The number of ether oxygens (including phenoxy) is 1. The predicted octanol–water partition coefficient (Wildman–Crippen LogP) is 5.40. The molecule has 1 fully saturated rings. The molecule has 25 heavy (non-hydrogen) atoms. The standard InChI is InChI=1S/C18H13Cl2NO2S2/c1-21-17(22)16(25-18(21)24)9-12-8-14(20)6-7-15(12)23-10-11-2-4-13(19)5-3-11/h2-9H,10H2,1H3/b16-9+. The monoisotopic (exact) mass is 409 g/mol. The number of hydrogen-bond donors (Lipinski definition) is 0. The fourth-order valence-electron chi connectivity index (χ4n) is 2.19. The maximum absolute atomic E-state index is 12.2. The molecule has 3 rings (SSSR count). The molecule has 0 radical (unpaired) electrons. The second-order valence-electron chi connectivity index (χ2n) is 5.34. The highest BCUT2D eigenvalue weighted by Crippen LogP contribution is 2.34. The number of thioether (sulfide) groups is 1. The predicted molar refractivity (Wildman–Crippen MR) is 108 cm³/mol. The van der Waals surface area contributed by atoms with Gasteiger partial charge in [0.25, 0.3) is 5.91 Å². The van der Waals surface area contributed by atoms with Crippen LogP contribution in [0.3, 0.4) is 0 Å². The fraction of sp³-hybridized carbons (Fsp3) is 0.111. The Morgan fingerprint density at radius 2 is 1.84 bits per heavy atom. The molecule has 0 atom stereocenters. The zero-order valence-corrected chi connectivity index (χ0v) is 16.3. The molecule has 1 amide bonds. The molecule has 0 N–H and O–H groups in total. The van der Waals surface area contributed by atoms with Gasteiger partial charge in [-0.25, -0.2) is 0 Å². The van der Waals surface area contributed by atoms with Gasteiger partial charge in [0.2, 0.25) is 0 Å². The summed E-state index contributed by atoms with van der Waals surface area (Å²) in [5.74, 6) is 0.513. The largest absolute Gasteiger partial charge is 0.488 e. The summed E-state index contributed by atoms with van der Waals surface area (Å²) >= 11 is 18.4. The van der Waals surface area contributed by atoms with Crippen molar-refractivity contribution in [3.05, 3.63) is 68.5 Å². The second-order valence-corrected chi connectivity index (χ2v) is 7.89. The summed E-state index contributed by atoms with van der Waals surface area (Å²) in [6.07, 6.45) is 1.76. The van der Waals surface area contributed by atoms with Gasteiger partial charge in [-0.3, -0.25) is 9.69 Å². The zero-order chi connectivity index (χ0) is 18.0. The van der Waals surface area contributed by atoms with E-state index < -0.39 is 0 Å². The number of halogens is 2. The maximum atomic E-state index is 12.2. The van der Waals surface area contributed by atoms with Gasteiger partial charge in [0, 0.05) is 22.7 Å². The Kier molecular flexibility index (Phi) is 5.69. The number of carbonyl (C=O) groups is 1. The van der Waals surface area contributed by atoms with E-state index in [4.69, 9.17) is 40.2 Å². The van der Waals surface area contributed by atoms with Crippen molar-refractivity contribution in [2.75, 3.05) is 7.05 Å². The number of likely N-dealkylation sites (N-methyl/N-ethyl adjacent to an activating group) is 1. The maximum Gasteiger partial charge on any atom is 0.265 e. The van der Waals surface area contributed by atoms with Gasteiger partial charge in [0.1, 0.15) is 16.7 Å². The highest BCUT2D eigenvalue weighted by molar-refractivity contribution is 8.26. The van der Waals surface area contributed by atoms with Crippen LogP contribution >= 0.6 is 47.2 Å². The molecule has 0 bridgehead atoms. The van der Waals surface area contributed by atoms with Gasteiger partial charge in [-0.1, -0.05) is 59.3 Å². The Labute approximate surface area is 165 Å². The smallest absolute Gasteiger partial charge is 0.265 e. The van der Waals surface area contributed by atoms with Crippen LogP contribution in [0.2, 0.25) is 10.0 Å². The van der Waals surface area contributed by atoms with Crippen molar-refractivity contribution in [2.24, 2.45) is 0 Å². The molecule has 1 aliphatic heterocycles. The number of carbonyl (C=O) groups excluding carboxylic acids is 1. The van der Waals surface area contributed by atoms with Crippen LogP contribution in [-0.2, 0) is 11.4 Å². The molecule has 0 aliphatic carbocycles. The third-order valence-corrected chi connectivity index (χ3v) is 5.52. The molecule has 7 heteroatoms. The van der Waals surface area contributed by atoms with Crippen molar-refractivity contribution < 1.29 is 9.53 Å². The number of nitrogens with zero attached hydrogens (tertiary/aromatic N) is 1. The van der Waals surface area contributed by atoms with Crippen molar-refractivity contribution in [3.63, 3.8) is 0 Å². The summed E-state index contributed by atoms with van der Waals surface area (Å²) in [7, 11) is 1.66. The molecular weight excluding hydrogens is 397 g/mol. The van der Waals surface area contributed by atoms with Crippen LogP contribution in [-0.4, -0.2) is 22.2 Å². The normalized spacial score (nSPS) is 16.0. The number of amides is 1. The highest BCUT2D eigenvalue weighted by atomic mass is 35.5. The molecule has 0 unspecified atom stereocenters. The second kappa shape index (κ2) is 7.79. The van der Waals surface area contributed by atoms with Crippen LogP contribution in [0.5, 0.6) is 5.75 Å². The Morgan fingerprint density at radius 1 is 1.16 bits per heavy atom. The average Bonchev–Trinajstić information content (AvgIpc) is 2.83. The lowest BCUT2D eigenvalue weighted by molar-refractivity contribution is -0.121. The summed E-state index contributed by atoms with van der Waals surface area (Å²) in [6, 6.07) is 12.7. The van der Waals surface area contributed by atoms with Crippen LogP contribution in [0, 0.1) is 0 Å². The molecule has 0 aromatic heterocycles. The molecule has 3 nitrogen and oxygen atoms in total. The van der Waals surface area contributed by atoms with Gasteiger partial charge < -0.3 is 4.74 Å². The van der Waals surface area contributed by atoms with Crippen LogP contribution in [0.4, 0.5) is 0 Å². The van der Waals surface area contributed by atoms with Gasteiger partial charge in [0.15, 0.2) is 0 Å². The Bertz CT molecular complexity index is 866. The van der Waals surface area contributed by atoms with Gasteiger partial charge >= 0.3 is 0 Å². The molecule has 2 aromatic rings. The first kappa shape index (κ1) is 18.3. The van der Waals surface area contributed by atoms with E-state index in [1.54, 1.807) is 31.3 Å². The van der Waals surface area contributed by atoms with Crippen molar-refractivity contribution in [2.45, 2.75) is 6.61 Å². The SMILES string of the molecule is CN1C(=O)/C(=C\c2cc(Cl)ccc2OCc2ccc(Cl)cc2)SC1=S. The first-order valence-electron chi connectivity index (χ1n) is 7.32. The summed E-state index contributed by atoms with van der Waals surface area (Å²) in [4.78, 5) is 14.2. The number of thiocarbonyl (C=S) groups is 1. The van der Waals surface area contributed by atoms with Gasteiger partial charge in [0.05, 0.1) is 4.91 Å². The number of benzene rings is 2. The van der Waals surface area contributed by atoms with Crippen molar-refractivity contribution in [1.29, 1.82) is 0 Å². The van der Waals surface area contributed by atoms with E-state index in [1.165, 1.54) is 16.7 Å². The van der Waals surface area contributed by atoms with E-state index in [0.29, 0.717) is 31.6 Å².